The number of para-hydroxylation sites is 1. The lowest BCUT2D eigenvalue weighted by atomic mass is 10.0. The molecular formula is C17H16Cl2O2. The number of hydrogen-bond donors (Lipinski definition) is 0. The van der Waals surface area contributed by atoms with Gasteiger partial charge in [0.1, 0.15) is 11.4 Å². The zero-order valence-electron chi connectivity index (χ0n) is 12.0. The van der Waals surface area contributed by atoms with Gasteiger partial charge in [0.05, 0.1) is 5.02 Å². The molecule has 110 valence electrons. The molecule has 0 aromatic heterocycles. The van der Waals surface area contributed by atoms with Gasteiger partial charge in [-0.3, -0.25) is 0 Å². The average Bonchev–Trinajstić information content (AvgIpc) is 2.76. The summed E-state index contributed by atoms with van der Waals surface area (Å²) in [5.74, 6) is 2.53. The molecule has 0 spiro atoms. The first-order valence-electron chi connectivity index (χ1n) is 6.82. The number of alkyl halides is 1. The summed E-state index contributed by atoms with van der Waals surface area (Å²) < 4.78 is 11.9. The van der Waals surface area contributed by atoms with Crippen molar-refractivity contribution < 1.29 is 9.47 Å². The molecule has 0 unspecified atom stereocenters. The van der Waals surface area contributed by atoms with Crippen molar-refractivity contribution in [2.45, 2.75) is 31.7 Å². The highest BCUT2D eigenvalue weighted by molar-refractivity contribution is 6.32. The van der Waals surface area contributed by atoms with Crippen LogP contribution in [0.4, 0.5) is 0 Å². The highest BCUT2D eigenvalue weighted by atomic mass is 35.5. The van der Waals surface area contributed by atoms with Crippen molar-refractivity contribution in [3.05, 3.63) is 52.5 Å². The standard InChI is InChI=1S/C17H16Cl2O2/c1-17(2)9-12-4-3-5-15(16(12)21-17)20-14-7-6-11(10-18)8-13(14)19/h3-8H,9-10H2,1-2H3. The Hall–Kier alpha value is -1.38. The Balaban J connectivity index is 1.92. The van der Waals surface area contributed by atoms with E-state index in [-0.39, 0.29) is 5.60 Å². The summed E-state index contributed by atoms with van der Waals surface area (Å²) in [4.78, 5) is 0. The summed E-state index contributed by atoms with van der Waals surface area (Å²) in [5.41, 5.74) is 1.92. The van der Waals surface area contributed by atoms with Gasteiger partial charge in [0.25, 0.3) is 0 Å². The largest absolute Gasteiger partial charge is 0.483 e. The van der Waals surface area contributed by atoms with E-state index in [4.69, 9.17) is 32.7 Å². The summed E-state index contributed by atoms with van der Waals surface area (Å²) in [6, 6.07) is 11.5. The predicted molar refractivity (Wildman–Crippen MR) is 85.9 cm³/mol. The van der Waals surface area contributed by atoms with Gasteiger partial charge >= 0.3 is 0 Å². The number of halogens is 2. The van der Waals surface area contributed by atoms with Crippen LogP contribution in [0.3, 0.4) is 0 Å². The highest BCUT2D eigenvalue weighted by Gasteiger charge is 2.32. The lowest BCUT2D eigenvalue weighted by molar-refractivity contribution is 0.135. The maximum absolute atomic E-state index is 6.24. The van der Waals surface area contributed by atoms with E-state index >= 15 is 0 Å². The molecule has 3 rings (SSSR count). The number of rotatable bonds is 3. The maximum Gasteiger partial charge on any atom is 0.169 e. The van der Waals surface area contributed by atoms with E-state index in [0.717, 1.165) is 23.3 Å². The van der Waals surface area contributed by atoms with E-state index in [1.807, 2.05) is 30.3 Å². The Morgan fingerprint density at radius 3 is 2.71 bits per heavy atom. The molecule has 0 atom stereocenters. The average molecular weight is 323 g/mol. The molecule has 1 heterocycles. The molecule has 0 saturated heterocycles. The van der Waals surface area contributed by atoms with E-state index in [9.17, 15) is 0 Å². The monoisotopic (exact) mass is 322 g/mol. The van der Waals surface area contributed by atoms with Gasteiger partial charge in [-0.05, 0) is 37.6 Å². The third-order valence-electron chi connectivity index (χ3n) is 3.43. The van der Waals surface area contributed by atoms with Crippen molar-refractivity contribution in [3.8, 4) is 17.2 Å². The first-order valence-corrected chi connectivity index (χ1v) is 7.73. The minimum Gasteiger partial charge on any atom is -0.483 e. The molecule has 0 bridgehead atoms. The fourth-order valence-corrected chi connectivity index (χ4v) is 2.90. The van der Waals surface area contributed by atoms with Gasteiger partial charge in [-0.2, -0.15) is 0 Å². The van der Waals surface area contributed by atoms with Crippen molar-refractivity contribution in [2.24, 2.45) is 0 Å². The third kappa shape index (κ3) is 2.97. The Bertz CT molecular complexity index is 680. The van der Waals surface area contributed by atoms with Gasteiger partial charge in [-0.25, -0.2) is 0 Å². The van der Waals surface area contributed by atoms with Gasteiger partial charge in [0.15, 0.2) is 11.5 Å². The van der Waals surface area contributed by atoms with Crippen LogP contribution in [-0.2, 0) is 12.3 Å². The van der Waals surface area contributed by atoms with Crippen LogP contribution in [0.2, 0.25) is 5.02 Å². The van der Waals surface area contributed by atoms with Crippen molar-refractivity contribution in [1.29, 1.82) is 0 Å². The van der Waals surface area contributed by atoms with Gasteiger partial charge in [0, 0.05) is 17.9 Å². The summed E-state index contributed by atoms with van der Waals surface area (Å²) in [6.45, 7) is 4.14. The molecule has 2 aromatic rings. The Morgan fingerprint density at radius 1 is 1.19 bits per heavy atom. The lowest BCUT2D eigenvalue weighted by Gasteiger charge is -2.18. The zero-order valence-corrected chi connectivity index (χ0v) is 13.5. The molecule has 0 N–H and O–H groups in total. The number of hydrogen-bond acceptors (Lipinski definition) is 2. The predicted octanol–water partition coefficient (Wildman–Crippen LogP) is 5.58. The molecule has 0 saturated carbocycles. The molecule has 0 fully saturated rings. The van der Waals surface area contributed by atoms with Crippen molar-refractivity contribution in [1.82, 2.24) is 0 Å². The number of fused-ring (bicyclic) bond motifs is 1. The molecule has 1 aliphatic heterocycles. The molecule has 21 heavy (non-hydrogen) atoms. The van der Waals surface area contributed by atoms with E-state index in [1.54, 1.807) is 0 Å². The van der Waals surface area contributed by atoms with E-state index < -0.39 is 0 Å². The molecule has 1 aliphatic rings. The topological polar surface area (TPSA) is 18.5 Å². The molecule has 0 aliphatic carbocycles. The van der Waals surface area contributed by atoms with Crippen LogP contribution >= 0.6 is 23.2 Å². The van der Waals surface area contributed by atoms with E-state index in [2.05, 4.69) is 19.9 Å². The third-order valence-corrected chi connectivity index (χ3v) is 4.03. The van der Waals surface area contributed by atoms with Gasteiger partial charge in [-0.1, -0.05) is 29.8 Å². The second-order valence-electron chi connectivity index (χ2n) is 5.78. The molecule has 2 nitrogen and oxygen atoms in total. The van der Waals surface area contributed by atoms with Gasteiger partial charge < -0.3 is 9.47 Å². The molecule has 4 heteroatoms. The van der Waals surface area contributed by atoms with E-state index in [0.29, 0.717) is 22.4 Å². The van der Waals surface area contributed by atoms with Crippen LogP contribution in [-0.4, -0.2) is 5.60 Å². The lowest BCUT2D eigenvalue weighted by Crippen LogP contribution is -2.24. The second kappa shape index (κ2) is 5.43. The first-order chi connectivity index (χ1) is 9.98. The Labute approximate surface area is 134 Å². The molecule has 2 aromatic carbocycles. The maximum atomic E-state index is 6.24. The highest BCUT2D eigenvalue weighted by Crippen LogP contribution is 2.44. The smallest absolute Gasteiger partial charge is 0.169 e. The van der Waals surface area contributed by atoms with Crippen LogP contribution < -0.4 is 9.47 Å². The minimum absolute atomic E-state index is 0.200. The summed E-state index contributed by atoms with van der Waals surface area (Å²) in [7, 11) is 0. The Morgan fingerprint density at radius 2 is 2.00 bits per heavy atom. The van der Waals surface area contributed by atoms with E-state index in [1.165, 1.54) is 0 Å². The second-order valence-corrected chi connectivity index (χ2v) is 6.46. The van der Waals surface area contributed by atoms with Crippen molar-refractivity contribution in [2.75, 3.05) is 0 Å². The SMILES string of the molecule is CC1(C)Cc2cccc(Oc3ccc(CCl)cc3Cl)c2O1. The summed E-state index contributed by atoms with van der Waals surface area (Å²) in [5, 5.41) is 0.544. The van der Waals surface area contributed by atoms with Gasteiger partial charge in [0.2, 0.25) is 0 Å². The summed E-state index contributed by atoms with van der Waals surface area (Å²) in [6.07, 6.45) is 0.873. The van der Waals surface area contributed by atoms with Crippen molar-refractivity contribution in [3.63, 3.8) is 0 Å². The molecule has 0 radical (unpaired) electrons. The number of ether oxygens (including phenoxy) is 2. The Kier molecular flexibility index (Phi) is 3.76. The minimum atomic E-state index is -0.200. The molecular weight excluding hydrogens is 307 g/mol. The fourth-order valence-electron chi connectivity index (χ4n) is 2.50. The van der Waals surface area contributed by atoms with Crippen LogP contribution in [0.25, 0.3) is 0 Å². The normalized spacial score (nSPS) is 15.4. The fraction of sp³-hybridized carbons (Fsp3) is 0.294. The summed E-state index contributed by atoms with van der Waals surface area (Å²) >= 11 is 12.0. The molecule has 0 amide bonds. The quantitative estimate of drug-likeness (QED) is 0.686. The van der Waals surface area contributed by atoms with Crippen LogP contribution in [0.15, 0.2) is 36.4 Å². The van der Waals surface area contributed by atoms with Crippen LogP contribution in [0.1, 0.15) is 25.0 Å². The van der Waals surface area contributed by atoms with Crippen molar-refractivity contribution >= 4 is 23.2 Å². The number of benzene rings is 2. The van der Waals surface area contributed by atoms with Crippen LogP contribution in [0, 0.1) is 0 Å². The zero-order chi connectivity index (χ0) is 15.0. The van der Waals surface area contributed by atoms with Gasteiger partial charge in [-0.15, -0.1) is 11.6 Å². The van der Waals surface area contributed by atoms with Crippen LogP contribution in [0.5, 0.6) is 17.2 Å². The first kappa shape index (κ1) is 14.6.